The Hall–Kier alpha value is -3.74. The van der Waals surface area contributed by atoms with Gasteiger partial charge in [0.1, 0.15) is 22.9 Å². The van der Waals surface area contributed by atoms with Crippen molar-refractivity contribution in [2.45, 2.75) is 13.3 Å². The topological polar surface area (TPSA) is 78.6 Å². The maximum absolute atomic E-state index is 13.0. The van der Waals surface area contributed by atoms with E-state index < -0.39 is 0 Å². The van der Waals surface area contributed by atoms with Gasteiger partial charge in [-0.05, 0) is 25.1 Å². The predicted octanol–water partition coefficient (Wildman–Crippen LogP) is 3.66. The molecule has 0 aliphatic heterocycles. The number of ketones is 1. The van der Waals surface area contributed by atoms with Crippen LogP contribution < -0.4 is 9.47 Å². The number of rotatable bonds is 6. The van der Waals surface area contributed by atoms with E-state index in [2.05, 4.69) is 15.0 Å². The number of Topliss-reactive ketones (excluding diaryl/α,β-unsaturated/α-hetero) is 1. The lowest BCUT2D eigenvalue weighted by molar-refractivity contribution is 0.0992. The molecule has 0 unspecified atom stereocenters. The largest absolute Gasteiger partial charge is 0.495 e. The molecule has 0 amide bonds. The van der Waals surface area contributed by atoms with Crippen molar-refractivity contribution in [2.24, 2.45) is 0 Å². The van der Waals surface area contributed by atoms with Gasteiger partial charge >= 0.3 is 0 Å². The second-order valence-electron chi connectivity index (χ2n) is 6.28. The van der Waals surface area contributed by atoms with Gasteiger partial charge in [0.2, 0.25) is 0 Å². The molecule has 0 saturated heterocycles. The molecule has 0 aliphatic carbocycles. The first-order chi connectivity index (χ1) is 13.6. The lowest BCUT2D eigenvalue weighted by atomic mass is 10.1. The van der Waals surface area contributed by atoms with E-state index in [1.807, 2.05) is 25.1 Å². The molecule has 4 rings (SSSR count). The summed E-state index contributed by atoms with van der Waals surface area (Å²) in [5.74, 6) is 1.52. The quantitative estimate of drug-likeness (QED) is 0.479. The Labute approximate surface area is 161 Å². The van der Waals surface area contributed by atoms with E-state index in [9.17, 15) is 4.79 Å². The van der Waals surface area contributed by atoms with Crippen LogP contribution in [-0.2, 0) is 6.42 Å². The summed E-state index contributed by atoms with van der Waals surface area (Å²) in [4.78, 5) is 25.8. The maximum Gasteiger partial charge on any atom is 0.172 e. The highest BCUT2D eigenvalue weighted by Crippen LogP contribution is 2.26. The van der Waals surface area contributed by atoms with E-state index in [0.29, 0.717) is 28.5 Å². The van der Waals surface area contributed by atoms with Crippen molar-refractivity contribution < 1.29 is 14.3 Å². The minimum atomic E-state index is -0.0801. The zero-order chi connectivity index (χ0) is 19.5. The maximum atomic E-state index is 13.0. The molecule has 7 heteroatoms. The summed E-state index contributed by atoms with van der Waals surface area (Å²) in [6, 6.07) is 9.06. The van der Waals surface area contributed by atoms with Crippen LogP contribution in [0.5, 0.6) is 17.2 Å². The number of ether oxygens (including phenoxy) is 2. The minimum Gasteiger partial charge on any atom is -0.495 e. The number of nitrogens with zero attached hydrogens (tertiary/aromatic N) is 4. The van der Waals surface area contributed by atoms with Crippen LogP contribution in [0.25, 0.3) is 5.65 Å². The van der Waals surface area contributed by atoms with E-state index in [4.69, 9.17) is 9.47 Å². The van der Waals surface area contributed by atoms with Crippen LogP contribution >= 0.6 is 0 Å². The van der Waals surface area contributed by atoms with Crippen molar-refractivity contribution in [1.82, 2.24) is 19.4 Å². The fourth-order valence-electron chi connectivity index (χ4n) is 2.93. The normalized spacial score (nSPS) is 10.8. The molecule has 0 aromatic carbocycles. The van der Waals surface area contributed by atoms with Crippen LogP contribution in [0.2, 0.25) is 0 Å². The summed E-state index contributed by atoms with van der Waals surface area (Å²) < 4.78 is 12.8. The lowest BCUT2D eigenvalue weighted by Crippen LogP contribution is -2.08. The second-order valence-corrected chi connectivity index (χ2v) is 6.28. The Morgan fingerprint density at radius 3 is 2.82 bits per heavy atom. The van der Waals surface area contributed by atoms with Crippen LogP contribution in [-0.4, -0.2) is 32.2 Å². The van der Waals surface area contributed by atoms with Gasteiger partial charge in [0.05, 0.1) is 37.7 Å². The molecule has 0 atom stereocenters. The van der Waals surface area contributed by atoms with Crippen molar-refractivity contribution in [1.29, 1.82) is 0 Å². The number of hydrogen-bond acceptors (Lipinski definition) is 6. The number of pyridine rings is 3. The summed E-state index contributed by atoms with van der Waals surface area (Å²) in [6.07, 6.45) is 8.55. The van der Waals surface area contributed by atoms with Crippen LogP contribution in [0.4, 0.5) is 0 Å². The van der Waals surface area contributed by atoms with E-state index >= 15 is 0 Å². The molecule has 0 aliphatic rings. The van der Waals surface area contributed by atoms with Crippen LogP contribution in [0.3, 0.4) is 0 Å². The molecule has 0 fully saturated rings. The van der Waals surface area contributed by atoms with Crippen LogP contribution in [0, 0.1) is 6.92 Å². The summed E-state index contributed by atoms with van der Waals surface area (Å²) in [5, 5.41) is 0. The number of imidazole rings is 1. The Morgan fingerprint density at radius 1 is 1.14 bits per heavy atom. The number of fused-ring (bicyclic) bond motifs is 1. The molecule has 0 spiro atoms. The summed E-state index contributed by atoms with van der Waals surface area (Å²) >= 11 is 0. The molecular weight excluding hydrogens is 356 g/mol. The first-order valence-electron chi connectivity index (χ1n) is 8.72. The highest BCUT2D eigenvalue weighted by atomic mass is 16.5. The van der Waals surface area contributed by atoms with E-state index in [-0.39, 0.29) is 12.2 Å². The van der Waals surface area contributed by atoms with Crippen molar-refractivity contribution in [3.63, 3.8) is 0 Å². The number of methoxy groups -OCH3 is 1. The number of carbonyl (C=O) groups is 1. The third kappa shape index (κ3) is 3.68. The summed E-state index contributed by atoms with van der Waals surface area (Å²) in [5.41, 5.74) is 2.65. The Balaban J connectivity index is 1.67. The molecule has 28 heavy (non-hydrogen) atoms. The zero-order valence-corrected chi connectivity index (χ0v) is 15.5. The summed E-state index contributed by atoms with van der Waals surface area (Å²) in [7, 11) is 1.56. The van der Waals surface area contributed by atoms with Crippen LogP contribution in [0.15, 0.2) is 61.3 Å². The van der Waals surface area contributed by atoms with Gasteiger partial charge in [-0.15, -0.1) is 0 Å². The van der Waals surface area contributed by atoms with Crippen molar-refractivity contribution in [2.75, 3.05) is 7.11 Å². The molecule has 0 bridgehead atoms. The molecule has 0 saturated carbocycles. The monoisotopic (exact) mass is 374 g/mol. The van der Waals surface area contributed by atoms with E-state index in [1.54, 1.807) is 54.6 Å². The fourth-order valence-corrected chi connectivity index (χ4v) is 2.93. The van der Waals surface area contributed by atoms with Crippen LogP contribution in [0.1, 0.15) is 21.7 Å². The molecule has 4 heterocycles. The van der Waals surface area contributed by atoms with E-state index in [0.717, 1.165) is 11.4 Å². The van der Waals surface area contributed by atoms with E-state index in [1.165, 1.54) is 0 Å². The molecule has 7 nitrogen and oxygen atoms in total. The molecule has 140 valence electrons. The first kappa shape index (κ1) is 17.7. The van der Waals surface area contributed by atoms with Crippen molar-refractivity contribution in [3.05, 3.63) is 78.3 Å². The predicted molar refractivity (Wildman–Crippen MR) is 103 cm³/mol. The molecule has 0 radical (unpaired) electrons. The van der Waals surface area contributed by atoms with Gasteiger partial charge in [-0.3, -0.25) is 14.8 Å². The van der Waals surface area contributed by atoms with Gasteiger partial charge in [0, 0.05) is 29.8 Å². The molecular formula is C21H18N4O3. The Kier molecular flexibility index (Phi) is 4.72. The number of aryl methyl sites for hydroxylation is 1. The fraction of sp³-hybridized carbons (Fsp3) is 0.143. The van der Waals surface area contributed by atoms with Gasteiger partial charge in [-0.1, -0.05) is 6.07 Å². The second kappa shape index (κ2) is 7.48. The highest BCUT2D eigenvalue weighted by molar-refractivity contribution is 6.02. The minimum absolute atomic E-state index is 0.0801. The third-order valence-electron chi connectivity index (χ3n) is 4.21. The smallest absolute Gasteiger partial charge is 0.172 e. The van der Waals surface area contributed by atoms with Crippen molar-refractivity contribution >= 4 is 11.4 Å². The standard InChI is InChI=1S/C21H18N4O3/c1-14-4-3-5-15(24-14)8-20(26)19-10-18(13-25-7-6-23-21(19)25)28-17-9-16(27-2)11-22-12-17/h3-7,9-13H,8H2,1-2H3. The number of carbonyl (C=O) groups excluding carboxylic acids is 1. The average molecular weight is 374 g/mol. The average Bonchev–Trinajstić information content (AvgIpc) is 3.16. The Morgan fingerprint density at radius 2 is 2.00 bits per heavy atom. The molecule has 4 aromatic heterocycles. The van der Waals surface area contributed by atoms with Gasteiger partial charge in [-0.2, -0.15) is 0 Å². The number of hydrogen-bond donors (Lipinski definition) is 0. The number of aromatic nitrogens is 4. The lowest BCUT2D eigenvalue weighted by Gasteiger charge is -2.10. The first-order valence-corrected chi connectivity index (χ1v) is 8.72. The SMILES string of the molecule is COc1cncc(Oc2cc(C(=O)Cc3cccc(C)n3)c3nccn3c2)c1. The van der Waals surface area contributed by atoms with Gasteiger partial charge in [0.25, 0.3) is 0 Å². The van der Waals surface area contributed by atoms with Gasteiger partial charge in [0.15, 0.2) is 5.78 Å². The molecule has 0 N–H and O–H groups in total. The Bertz CT molecular complexity index is 1150. The van der Waals surface area contributed by atoms with Crippen molar-refractivity contribution in [3.8, 4) is 17.2 Å². The molecule has 4 aromatic rings. The third-order valence-corrected chi connectivity index (χ3v) is 4.21. The highest BCUT2D eigenvalue weighted by Gasteiger charge is 2.16. The van der Waals surface area contributed by atoms with Gasteiger partial charge < -0.3 is 13.9 Å². The summed E-state index contributed by atoms with van der Waals surface area (Å²) in [6.45, 7) is 1.90. The van der Waals surface area contributed by atoms with Gasteiger partial charge in [-0.25, -0.2) is 4.98 Å². The zero-order valence-electron chi connectivity index (χ0n) is 15.5.